The van der Waals surface area contributed by atoms with Crippen molar-refractivity contribution in [1.82, 2.24) is 0 Å². The van der Waals surface area contributed by atoms with Crippen molar-refractivity contribution in [2.45, 2.75) is 12.9 Å². The molecule has 0 unspecified atom stereocenters. The highest BCUT2D eigenvalue weighted by Gasteiger charge is 2.41. The normalized spacial score (nSPS) is 18.3. The maximum Gasteiger partial charge on any atom is 0.351 e. The van der Waals surface area contributed by atoms with E-state index in [1.807, 2.05) is 0 Å². The predicted molar refractivity (Wildman–Crippen MR) is 47.6 cm³/mol. The fraction of sp³-hybridized carbons (Fsp3) is 0.556. The van der Waals surface area contributed by atoms with E-state index in [0.717, 1.165) is 0 Å². The summed E-state index contributed by atoms with van der Waals surface area (Å²) in [6.45, 7) is 1.10. The first-order chi connectivity index (χ1) is 7.03. The number of carbonyl (C=O) groups excluding carboxylic acids is 2. The van der Waals surface area contributed by atoms with Gasteiger partial charge in [-0.3, -0.25) is 4.79 Å². The third-order valence-electron chi connectivity index (χ3n) is 1.85. The van der Waals surface area contributed by atoms with E-state index in [-0.39, 0.29) is 12.2 Å². The van der Waals surface area contributed by atoms with Gasteiger partial charge in [-0.25, -0.2) is 4.79 Å². The van der Waals surface area contributed by atoms with E-state index in [4.69, 9.17) is 14.2 Å². The Bertz CT molecular complexity index is 302. The molecule has 0 aromatic carbocycles. The van der Waals surface area contributed by atoms with E-state index in [0.29, 0.717) is 0 Å². The number of rotatable bonds is 4. The summed E-state index contributed by atoms with van der Waals surface area (Å²) < 4.78 is 19.2. The van der Waals surface area contributed by atoms with Crippen molar-refractivity contribution < 1.29 is 28.5 Å². The number of methoxy groups -OCH3 is 2. The molecule has 0 saturated heterocycles. The van der Waals surface area contributed by atoms with Gasteiger partial charge >= 0.3 is 17.9 Å². The molecule has 0 radical (unpaired) electrons. The van der Waals surface area contributed by atoms with E-state index in [2.05, 4.69) is 4.74 Å². The molecule has 15 heavy (non-hydrogen) atoms. The average Bonchev–Trinajstić information content (AvgIpc) is 2.53. The second-order valence-electron chi connectivity index (χ2n) is 2.85. The molecule has 1 aliphatic rings. The first-order valence-electron chi connectivity index (χ1n) is 4.21. The lowest BCUT2D eigenvalue weighted by Crippen LogP contribution is -2.32. The average molecular weight is 216 g/mol. The topological polar surface area (TPSA) is 71.1 Å². The minimum Gasteiger partial charge on any atom is -0.461 e. The zero-order valence-electron chi connectivity index (χ0n) is 8.73. The van der Waals surface area contributed by atoms with Gasteiger partial charge in [0.25, 0.3) is 0 Å². The zero-order valence-corrected chi connectivity index (χ0v) is 8.73. The Labute approximate surface area is 86.7 Å². The molecule has 0 atom stereocenters. The Hall–Kier alpha value is -1.40. The molecule has 0 aromatic heterocycles. The first kappa shape index (κ1) is 11.7. The molecule has 0 amide bonds. The summed E-state index contributed by atoms with van der Waals surface area (Å²) in [7, 11) is 2.67. The smallest absolute Gasteiger partial charge is 0.351 e. The first-order valence-corrected chi connectivity index (χ1v) is 4.21. The summed E-state index contributed by atoms with van der Waals surface area (Å²) in [4.78, 5) is 21.8. The summed E-state index contributed by atoms with van der Waals surface area (Å²) in [5.41, 5.74) is 0.189. The number of ether oxygens (including phenoxy) is 4. The molecule has 1 aliphatic heterocycles. The van der Waals surface area contributed by atoms with Gasteiger partial charge < -0.3 is 18.9 Å². The third-order valence-corrected chi connectivity index (χ3v) is 1.85. The Kier molecular flexibility index (Phi) is 3.43. The van der Waals surface area contributed by atoms with Gasteiger partial charge in [0.2, 0.25) is 0 Å². The number of esters is 2. The Morgan fingerprint density at radius 1 is 1.47 bits per heavy atom. The lowest BCUT2D eigenvalue weighted by Gasteiger charge is -2.21. The molecule has 0 aromatic rings. The third kappa shape index (κ3) is 2.54. The van der Waals surface area contributed by atoms with Crippen molar-refractivity contribution in [3.05, 3.63) is 11.6 Å². The van der Waals surface area contributed by atoms with Crippen LogP contribution in [0.15, 0.2) is 11.6 Å². The maximum atomic E-state index is 11.3. The molecule has 0 aliphatic carbocycles. The highest BCUT2D eigenvalue weighted by atomic mass is 16.9. The number of carbonyl (C=O) groups is 2. The summed E-state index contributed by atoms with van der Waals surface area (Å²) >= 11 is 0. The fourth-order valence-electron chi connectivity index (χ4n) is 1.06. The predicted octanol–water partition coefficient (Wildman–Crippen LogP) is -0.0207. The van der Waals surface area contributed by atoms with Crippen LogP contribution in [0.1, 0.15) is 6.92 Å². The molecule has 1 heterocycles. The van der Waals surface area contributed by atoms with E-state index in [9.17, 15) is 9.59 Å². The van der Waals surface area contributed by atoms with Crippen LogP contribution >= 0.6 is 0 Å². The van der Waals surface area contributed by atoms with Gasteiger partial charge in [0.15, 0.2) is 0 Å². The van der Waals surface area contributed by atoms with Gasteiger partial charge in [0, 0.05) is 27.2 Å². The van der Waals surface area contributed by atoms with Crippen LogP contribution in [0, 0.1) is 0 Å². The molecule has 84 valence electrons. The van der Waals surface area contributed by atoms with Crippen LogP contribution in [0.5, 0.6) is 0 Å². The molecule has 0 fully saturated rings. The SMILES string of the molecule is COC1(OC)C=C(COC(C)=O)C(=O)O1. The lowest BCUT2D eigenvalue weighted by atomic mass is 10.3. The van der Waals surface area contributed by atoms with Crippen LogP contribution < -0.4 is 0 Å². The molecular weight excluding hydrogens is 204 g/mol. The van der Waals surface area contributed by atoms with Gasteiger partial charge in [0.1, 0.15) is 6.61 Å². The molecule has 6 heteroatoms. The maximum absolute atomic E-state index is 11.3. The summed E-state index contributed by atoms with van der Waals surface area (Å²) in [5.74, 6) is -2.59. The monoisotopic (exact) mass is 216 g/mol. The van der Waals surface area contributed by atoms with Crippen LogP contribution in [0.2, 0.25) is 0 Å². The van der Waals surface area contributed by atoms with Crippen molar-refractivity contribution in [2.24, 2.45) is 0 Å². The van der Waals surface area contributed by atoms with E-state index in [1.165, 1.54) is 27.2 Å². The second kappa shape index (κ2) is 4.41. The number of hydrogen-bond acceptors (Lipinski definition) is 6. The fourth-order valence-corrected chi connectivity index (χ4v) is 1.06. The molecular formula is C9H12O6. The molecule has 0 saturated carbocycles. The quantitative estimate of drug-likeness (QED) is 0.485. The second-order valence-corrected chi connectivity index (χ2v) is 2.85. The molecule has 1 rings (SSSR count). The zero-order chi connectivity index (χ0) is 11.5. The van der Waals surface area contributed by atoms with Gasteiger partial charge in [-0.2, -0.15) is 0 Å². The Morgan fingerprint density at radius 2 is 2.07 bits per heavy atom. The molecule has 0 N–H and O–H groups in total. The summed E-state index contributed by atoms with van der Waals surface area (Å²) in [6.07, 6.45) is 1.33. The van der Waals surface area contributed by atoms with Crippen LogP contribution in [0.4, 0.5) is 0 Å². The van der Waals surface area contributed by atoms with Gasteiger partial charge in [0.05, 0.1) is 5.57 Å². The highest BCUT2D eigenvalue weighted by Crippen LogP contribution is 2.26. The Morgan fingerprint density at radius 3 is 2.47 bits per heavy atom. The van der Waals surface area contributed by atoms with Crippen molar-refractivity contribution in [1.29, 1.82) is 0 Å². The van der Waals surface area contributed by atoms with Crippen molar-refractivity contribution in [2.75, 3.05) is 20.8 Å². The van der Waals surface area contributed by atoms with Crippen LogP contribution in [0.3, 0.4) is 0 Å². The summed E-state index contributed by atoms with van der Waals surface area (Å²) in [6, 6.07) is 0. The van der Waals surface area contributed by atoms with Gasteiger partial charge in [-0.05, 0) is 0 Å². The van der Waals surface area contributed by atoms with Crippen LogP contribution in [0.25, 0.3) is 0 Å². The van der Waals surface area contributed by atoms with Crippen LogP contribution in [-0.2, 0) is 28.5 Å². The lowest BCUT2D eigenvalue weighted by molar-refractivity contribution is -0.304. The number of cyclic esters (lactones) is 1. The standard InChI is InChI=1S/C9H12O6/c1-6(10)14-5-7-4-9(12-2,13-3)15-8(7)11/h4H,5H2,1-3H3. The van der Waals surface area contributed by atoms with Crippen molar-refractivity contribution in [3.8, 4) is 0 Å². The van der Waals surface area contributed by atoms with Gasteiger partial charge in [-0.1, -0.05) is 0 Å². The Balaban J connectivity index is 2.71. The highest BCUT2D eigenvalue weighted by molar-refractivity contribution is 5.91. The molecule has 0 bridgehead atoms. The minimum absolute atomic E-state index is 0.150. The summed E-state index contributed by atoms with van der Waals surface area (Å²) in [5, 5.41) is 0. The van der Waals surface area contributed by atoms with Gasteiger partial charge in [-0.15, -0.1) is 0 Å². The van der Waals surface area contributed by atoms with E-state index >= 15 is 0 Å². The molecule has 0 spiro atoms. The molecule has 6 nitrogen and oxygen atoms in total. The van der Waals surface area contributed by atoms with E-state index < -0.39 is 17.9 Å². The largest absolute Gasteiger partial charge is 0.461 e. The van der Waals surface area contributed by atoms with Crippen molar-refractivity contribution >= 4 is 11.9 Å². The van der Waals surface area contributed by atoms with Crippen LogP contribution in [-0.4, -0.2) is 38.7 Å². The number of hydrogen-bond donors (Lipinski definition) is 0. The van der Waals surface area contributed by atoms with E-state index in [1.54, 1.807) is 0 Å². The minimum atomic E-state index is -1.49. The van der Waals surface area contributed by atoms with Crippen molar-refractivity contribution in [3.63, 3.8) is 0 Å².